The Hall–Kier alpha value is -1.07. The number of aryl methyl sites for hydroxylation is 1. The number of hydrogen-bond acceptors (Lipinski definition) is 3. The molecule has 1 saturated carbocycles. The van der Waals surface area contributed by atoms with Crippen molar-refractivity contribution in [1.29, 1.82) is 0 Å². The van der Waals surface area contributed by atoms with E-state index in [1.807, 2.05) is 11.8 Å². The second-order valence-electron chi connectivity index (χ2n) is 5.88. The molecule has 1 heterocycles. The van der Waals surface area contributed by atoms with Crippen LogP contribution in [0.5, 0.6) is 0 Å². The third-order valence-electron chi connectivity index (χ3n) is 3.94. The summed E-state index contributed by atoms with van der Waals surface area (Å²) in [6.07, 6.45) is 4.70. The lowest BCUT2D eigenvalue weighted by molar-refractivity contribution is 0.147. The Morgan fingerprint density at radius 2 is 2.19 bits per heavy atom. The van der Waals surface area contributed by atoms with Gasteiger partial charge in [0, 0.05) is 22.9 Å². The van der Waals surface area contributed by atoms with Gasteiger partial charge in [-0.3, -0.25) is 0 Å². The second kappa shape index (κ2) is 7.80. The maximum atomic E-state index is 12.6. The van der Waals surface area contributed by atoms with Crippen LogP contribution >= 0.6 is 11.3 Å². The van der Waals surface area contributed by atoms with Crippen LogP contribution in [-0.4, -0.2) is 36.7 Å². The summed E-state index contributed by atoms with van der Waals surface area (Å²) in [7, 11) is 1.66. The lowest BCUT2D eigenvalue weighted by Crippen LogP contribution is -2.48. The summed E-state index contributed by atoms with van der Waals surface area (Å²) in [6, 6.07) is 4.71. The molecular weight excluding hydrogens is 284 g/mol. The van der Waals surface area contributed by atoms with Gasteiger partial charge in [-0.1, -0.05) is 12.8 Å². The van der Waals surface area contributed by atoms with E-state index >= 15 is 0 Å². The molecule has 21 heavy (non-hydrogen) atoms. The number of hydrogen-bond donors (Lipinski definition) is 1. The van der Waals surface area contributed by atoms with Crippen molar-refractivity contribution in [3.05, 3.63) is 21.9 Å². The van der Waals surface area contributed by atoms with Crippen molar-refractivity contribution in [1.82, 2.24) is 10.2 Å². The molecular formula is C16H26N2O2S. The van der Waals surface area contributed by atoms with Gasteiger partial charge in [0.25, 0.3) is 0 Å². The number of carbonyl (C=O) groups excluding carboxylic acids is 1. The highest BCUT2D eigenvalue weighted by Crippen LogP contribution is 2.26. The predicted octanol–water partition coefficient (Wildman–Crippen LogP) is 3.55. The van der Waals surface area contributed by atoms with Crippen molar-refractivity contribution >= 4 is 17.4 Å². The van der Waals surface area contributed by atoms with E-state index in [4.69, 9.17) is 4.74 Å². The number of carbonyl (C=O) groups is 1. The minimum absolute atomic E-state index is 0.0384. The summed E-state index contributed by atoms with van der Waals surface area (Å²) in [5.41, 5.74) is 0. The minimum Gasteiger partial charge on any atom is -0.383 e. The van der Waals surface area contributed by atoms with Gasteiger partial charge in [0.05, 0.1) is 19.2 Å². The van der Waals surface area contributed by atoms with Crippen LogP contribution in [0, 0.1) is 6.92 Å². The summed E-state index contributed by atoms with van der Waals surface area (Å²) >= 11 is 1.78. The topological polar surface area (TPSA) is 41.6 Å². The molecule has 1 aliphatic carbocycles. The quantitative estimate of drug-likeness (QED) is 0.873. The largest absolute Gasteiger partial charge is 0.383 e. The standard InChI is InChI=1S/C16H26N2O2S/c1-12(11-20-3)17-16(19)18(14-6-4-5-7-14)10-15-9-8-13(2)21-15/h8-9,12,14H,4-7,10-11H2,1-3H3,(H,17,19)/t12-/m0/s1. The highest BCUT2D eigenvalue weighted by molar-refractivity contribution is 7.11. The first kappa shape index (κ1) is 16.3. The van der Waals surface area contributed by atoms with E-state index < -0.39 is 0 Å². The third kappa shape index (κ3) is 4.71. The van der Waals surface area contributed by atoms with Gasteiger partial charge in [0.15, 0.2) is 0 Å². The molecule has 0 aliphatic heterocycles. The molecule has 0 unspecified atom stereocenters. The van der Waals surface area contributed by atoms with Crippen LogP contribution in [0.15, 0.2) is 12.1 Å². The lowest BCUT2D eigenvalue weighted by Gasteiger charge is -2.30. The number of rotatable bonds is 6. The molecule has 1 aromatic rings. The Kier molecular flexibility index (Phi) is 6.06. The summed E-state index contributed by atoms with van der Waals surface area (Å²) in [6.45, 7) is 5.34. The van der Waals surface area contributed by atoms with E-state index in [2.05, 4.69) is 24.4 Å². The van der Waals surface area contributed by atoms with Gasteiger partial charge in [-0.2, -0.15) is 0 Å². The van der Waals surface area contributed by atoms with Gasteiger partial charge >= 0.3 is 6.03 Å². The Morgan fingerprint density at radius 3 is 2.76 bits per heavy atom. The number of urea groups is 1. The molecule has 2 amide bonds. The fourth-order valence-corrected chi connectivity index (χ4v) is 3.80. The number of ether oxygens (including phenoxy) is 1. The molecule has 1 N–H and O–H groups in total. The van der Waals surface area contributed by atoms with Gasteiger partial charge in [-0.05, 0) is 38.8 Å². The van der Waals surface area contributed by atoms with Crippen LogP contribution in [0.4, 0.5) is 4.79 Å². The summed E-state index contributed by atoms with van der Waals surface area (Å²) < 4.78 is 5.10. The molecule has 118 valence electrons. The number of nitrogens with one attached hydrogen (secondary N) is 1. The molecule has 1 aliphatic rings. The highest BCUT2D eigenvalue weighted by atomic mass is 32.1. The number of methoxy groups -OCH3 is 1. The second-order valence-corrected chi connectivity index (χ2v) is 7.26. The number of amides is 2. The molecule has 1 atom stereocenters. The minimum atomic E-state index is 0.0384. The molecule has 0 radical (unpaired) electrons. The highest BCUT2D eigenvalue weighted by Gasteiger charge is 2.27. The van der Waals surface area contributed by atoms with Crippen LogP contribution in [0.2, 0.25) is 0 Å². The first-order chi connectivity index (χ1) is 10.1. The Labute approximate surface area is 131 Å². The third-order valence-corrected chi connectivity index (χ3v) is 4.92. The van der Waals surface area contributed by atoms with E-state index in [0.717, 1.165) is 12.8 Å². The molecule has 1 fully saturated rings. The fraction of sp³-hybridized carbons (Fsp3) is 0.688. The Morgan fingerprint density at radius 1 is 1.48 bits per heavy atom. The fourth-order valence-electron chi connectivity index (χ4n) is 2.91. The Bertz CT molecular complexity index is 455. The van der Waals surface area contributed by atoms with Crippen LogP contribution < -0.4 is 5.32 Å². The van der Waals surface area contributed by atoms with Gasteiger partial charge in [0.2, 0.25) is 0 Å². The van der Waals surface area contributed by atoms with Crippen LogP contribution in [0.25, 0.3) is 0 Å². The SMILES string of the molecule is COC[C@H](C)NC(=O)N(Cc1ccc(C)s1)C1CCCC1. The smallest absolute Gasteiger partial charge is 0.318 e. The molecule has 0 aromatic carbocycles. The van der Waals surface area contributed by atoms with Crippen molar-refractivity contribution in [2.24, 2.45) is 0 Å². The van der Waals surface area contributed by atoms with Gasteiger partial charge in [0.1, 0.15) is 0 Å². The monoisotopic (exact) mass is 310 g/mol. The van der Waals surface area contributed by atoms with Crippen LogP contribution in [-0.2, 0) is 11.3 Å². The maximum absolute atomic E-state index is 12.6. The van der Waals surface area contributed by atoms with E-state index in [1.54, 1.807) is 18.4 Å². The zero-order chi connectivity index (χ0) is 15.2. The van der Waals surface area contributed by atoms with E-state index in [9.17, 15) is 4.79 Å². The van der Waals surface area contributed by atoms with Crippen molar-refractivity contribution in [3.63, 3.8) is 0 Å². The van der Waals surface area contributed by atoms with E-state index in [1.165, 1.54) is 22.6 Å². The maximum Gasteiger partial charge on any atom is 0.318 e. The van der Waals surface area contributed by atoms with E-state index in [0.29, 0.717) is 19.2 Å². The van der Waals surface area contributed by atoms with Gasteiger partial charge in [-0.25, -0.2) is 4.79 Å². The van der Waals surface area contributed by atoms with Crippen LogP contribution in [0.1, 0.15) is 42.4 Å². The first-order valence-corrected chi connectivity index (χ1v) is 8.53. The molecule has 5 heteroatoms. The van der Waals surface area contributed by atoms with E-state index in [-0.39, 0.29) is 12.1 Å². The van der Waals surface area contributed by atoms with Crippen molar-refractivity contribution < 1.29 is 9.53 Å². The zero-order valence-corrected chi connectivity index (χ0v) is 14.0. The van der Waals surface area contributed by atoms with Gasteiger partial charge < -0.3 is 15.0 Å². The average Bonchev–Trinajstić information content (AvgIpc) is 3.07. The lowest BCUT2D eigenvalue weighted by atomic mass is 10.2. The van der Waals surface area contributed by atoms with Crippen molar-refractivity contribution in [2.45, 2.75) is 58.2 Å². The normalized spacial score (nSPS) is 16.9. The number of nitrogens with zero attached hydrogens (tertiary/aromatic N) is 1. The van der Waals surface area contributed by atoms with Crippen molar-refractivity contribution in [2.75, 3.05) is 13.7 Å². The van der Waals surface area contributed by atoms with Crippen molar-refractivity contribution in [3.8, 4) is 0 Å². The molecule has 0 bridgehead atoms. The zero-order valence-electron chi connectivity index (χ0n) is 13.2. The molecule has 2 rings (SSSR count). The van der Waals surface area contributed by atoms with Gasteiger partial charge in [-0.15, -0.1) is 11.3 Å². The summed E-state index contributed by atoms with van der Waals surface area (Å²) in [5.74, 6) is 0. The average molecular weight is 310 g/mol. The molecule has 0 spiro atoms. The molecule has 0 saturated heterocycles. The number of thiophene rings is 1. The summed E-state index contributed by atoms with van der Waals surface area (Å²) in [4.78, 5) is 17.2. The summed E-state index contributed by atoms with van der Waals surface area (Å²) in [5, 5.41) is 3.05. The first-order valence-electron chi connectivity index (χ1n) is 7.71. The predicted molar refractivity (Wildman–Crippen MR) is 86.7 cm³/mol. The molecule has 1 aromatic heterocycles. The molecule has 4 nitrogen and oxygen atoms in total. The Balaban J connectivity index is 2.02. The van der Waals surface area contributed by atoms with Crippen LogP contribution in [0.3, 0.4) is 0 Å².